The number of phenolic OH excluding ortho intramolecular Hbond substituents is 1. The largest absolute Gasteiger partial charge is 0.507 e. The van der Waals surface area contributed by atoms with Crippen molar-refractivity contribution in [1.29, 1.82) is 0 Å². The number of phenols is 1. The minimum atomic E-state index is -4.16. The smallest absolute Gasteiger partial charge is 0.265 e. The van der Waals surface area contributed by atoms with Crippen LogP contribution in [0.25, 0.3) is 0 Å². The Morgan fingerprint density at radius 1 is 0.897 bits per heavy atom. The SMILES string of the molecule is Nc1cc(O)c2c(c1Oc1ccccc1S(=O)(=O)Cl)C(=O)c1ccccc1C2=O. The summed E-state index contributed by atoms with van der Waals surface area (Å²) in [7, 11) is 1.29. The molecule has 29 heavy (non-hydrogen) atoms. The summed E-state index contributed by atoms with van der Waals surface area (Å²) in [6.45, 7) is 0. The third-order valence-electron chi connectivity index (χ3n) is 4.48. The van der Waals surface area contributed by atoms with Gasteiger partial charge in [-0.3, -0.25) is 9.59 Å². The van der Waals surface area contributed by atoms with Gasteiger partial charge < -0.3 is 15.6 Å². The molecule has 0 spiro atoms. The Morgan fingerprint density at radius 3 is 2.07 bits per heavy atom. The van der Waals surface area contributed by atoms with Crippen LogP contribution in [0.1, 0.15) is 31.8 Å². The number of rotatable bonds is 3. The van der Waals surface area contributed by atoms with Gasteiger partial charge in [-0.05, 0) is 12.1 Å². The lowest BCUT2D eigenvalue weighted by molar-refractivity contribution is 0.0974. The number of ether oxygens (including phenoxy) is 1. The summed E-state index contributed by atoms with van der Waals surface area (Å²) in [5, 5.41) is 10.3. The van der Waals surface area contributed by atoms with Crippen LogP contribution in [0.4, 0.5) is 5.69 Å². The monoisotopic (exact) mass is 429 g/mol. The van der Waals surface area contributed by atoms with Crippen LogP contribution in [-0.2, 0) is 9.05 Å². The zero-order chi connectivity index (χ0) is 20.9. The molecule has 0 bridgehead atoms. The van der Waals surface area contributed by atoms with Crippen molar-refractivity contribution >= 4 is 37.0 Å². The van der Waals surface area contributed by atoms with Gasteiger partial charge in [-0.15, -0.1) is 0 Å². The van der Waals surface area contributed by atoms with Crippen molar-refractivity contribution in [3.63, 3.8) is 0 Å². The number of benzene rings is 3. The van der Waals surface area contributed by atoms with Crippen LogP contribution in [0.15, 0.2) is 59.5 Å². The highest BCUT2D eigenvalue weighted by atomic mass is 35.7. The Balaban J connectivity index is 1.97. The summed E-state index contributed by atoms with van der Waals surface area (Å²) in [5.41, 5.74) is 5.56. The number of fused-ring (bicyclic) bond motifs is 2. The number of nitrogen functional groups attached to an aromatic ring is 1. The van der Waals surface area contributed by atoms with Gasteiger partial charge >= 0.3 is 0 Å². The van der Waals surface area contributed by atoms with E-state index in [2.05, 4.69) is 0 Å². The Hall–Kier alpha value is -3.36. The third kappa shape index (κ3) is 3.02. The normalized spacial score (nSPS) is 13.0. The fourth-order valence-electron chi connectivity index (χ4n) is 3.22. The highest BCUT2D eigenvalue weighted by molar-refractivity contribution is 8.13. The van der Waals surface area contributed by atoms with Gasteiger partial charge in [-0.1, -0.05) is 36.4 Å². The van der Waals surface area contributed by atoms with Crippen molar-refractivity contribution in [2.45, 2.75) is 4.90 Å². The number of halogens is 1. The molecule has 0 unspecified atom stereocenters. The van der Waals surface area contributed by atoms with Crippen molar-refractivity contribution in [2.24, 2.45) is 0 Å². The van der Waals surface area contributed by atoms with E-state index >= 15 is 0 Å². The van der Waals surface area contributed by atoms with Gasteiger partial charge in [0.05, 0.1) is 16.8 Å². The van der Waals surface area contributed by atoms with Gasteiger partial charge in [0, 0.05) is 27.9 Å². The molecule has 3 aromatic carbocycles. The van der Waals surface area contributed by atoms with Crippen LogP contribution in [0, 0.1) is 0 Å². The summed E-state index contributed by atoms with van der Waals surface area (Å²) in [6.07, 6.45) is 0. The predicted molar refractivity (Wildman–Crippen MR) is 105 cm³/mol. The number of carbonyl (C=O) groups is 2. The standard InChI is InChI=1S/C20H12ClNO6S/c21-29(26,27)15-8-4-3-7-14(15)28-20-12(22)9-13(23)16-17(20)19(25)11-6-2-1-5-10(11)18(16)24/h1-9,23H,22H2. The lowest BCUT2D eigenvalue weighted by atomic mass is 9.82. The molecular weight excluding hydrogens is 418 g/mol. The van der Waals surface area contributed by atoms with E-state index in [-0.39, 0.29) is 44.3 Å². The summed E-state index contributed by atoms with van der Waals surface area (Å²) < 4.78 is 29.4. The summed E-state index contributed by atoms with van der Waals surface area (Å²) >= 11 is 0. The van der Waals surface area contributed by atoms with Crippen LogP contribution < -0.4 is 10.5 Å². The first-order valence-corrected chi connectivity index (χ1v) is 10.6. The molecule has 0 aromatic heterocycles. The van der Waals surface area contributed by atoms with Gasteiger partial charge in [0.2, 0.25) is 0 Å². The maximum absolute atomic E-state index is 13.1. The predicted octanol–water partition coefficient (Wildman–Crippen LogP) is 3.47. The molecule has 3 aromatic rings. The molecule has 0 radical (unpaired) electrons. The first kappa shape index (κ1) is 19.0. The van der Waals surface area contributed by atoms with E-state index < -0.39 is 26.4 Å². The molecule has 0 fully saturated rings. The van der Waals surface area contributed by atoms with Crippen LogP contribution in [0.3, 0.4) is 0 Å². The van der Waals surface area contributed by atoms with Crippen LogP contribution in [0.2, 0.25) is 0 Å². The molecular formula is C20H12ClNO6S. The van der Waals surface area contributed by atoms with E-state index in [4.69, 9.17) is 21.2 Å². The Labute approximate surface area is 169 Å². The number of nitrogens with two attached hydrogens (primary N) is 1. The van der Waals surface area contributed by atoms with Gasteiger partial charge in [0.25, 0.3) is 9.05 Å². The van der Waals surface area contributed by atoms with Crippen molar-refractivity contribution in [3.05, 3.63) is 76.9 Å². The van der Waals surface area contributed by atoms with Crippen molar-refractivity contribution < 1.29 is 27.9 Å². The van der Waals surface area contributed by atoms with Gasteiger partial charge in [0.1, 0.15) is 16.4 Å². The summed E-state index contributed by atoms with van der Waals surface area (Å²) in [4.78, 5) is 25.7. The number of hydrogen-bond donors (Lipinski definition) is 2. The first-order chi connectivity index (χ1) is 13.7. The molecule has 7 nitrogen and oxygen atoms in total. The number of carbonyl (C=O) groups excluding carboxylic acids is 2. The molecule has 1 aliphatic rings. The Kier molecular flexibility index (Phi) is 4.33. The Bertz CT molecular complexity index is 1320. The number of para-hydroxylation sites is 1. The van der Waals surface area contributed by atoms with Gasteiger partial charge in [-0.25, -0.2) is 8.42 Å². The van der Waals surface area contributed by atoms with E-state index in [9.17, 15) is 23.1 Å². The summed E-state index contributed by atoms with van der Waals surface area (Å²) in [6, 6.07) is 12.7. The van der Waals surface area contributed by atoms with E-state index in [1.54, 1.807) is 12.1 Å². The third-order valence-corrected chi connectivity index (χ3v) is 5.84. The molecule has 0 amide bonds. The van der Waals surface area contributed by atoms with E-state index in [1.807, 2.05) is 0 Å². The van der Waals surface area contributed by atoms with Crippen LogP contribution in [0.5, 0.6) is 17.2 Å². The quantitative estimate of drug-likeness (QED) is 0.377. The lowest BCUT2D eigenvalue weighted by Crippen LogP contribution is -2.22. The van der Waals surface area contributed by atoms with Crippen LogP contribution >= 0.6 is 10.7 Å². The minimum Gasteiger partial charge on any atom is -0.507 e. The molecule has 1 aliphatic carbocycles. The second-order valence-corrected chi connectivity index (χ2v) is 8.79. The molecule has 0 aliphatic heterocycles. The van der Waals surface area contributed by atoms with E-state index in [0.29, 0.717) is 0 Å². The molecule has 9 heteroatoms. The molecule has 3 N–H and O–H groups in total. The Morgan fingerprint density at radius 2 is 1.45 bits per heavy atom. The lowest BCUT2D eigenvalue weighted by Gasteiger charge is -2.22. The zero-order valence-electron chi connectivity index (χ0n) is 14.5. The zero-order valence-corrected chi connectivity index (χ0v) is 16.1. The van der Waals surface area contributed by atoms with E-state index in [0.717, 1.165) is 6.07 Å². The fourth-order valence-corrected chi connectivity index (χ4v) is 4.20. The average Bonchev–Trinajstić information content (AvgIpc) is 2.67. The van der Waals surface area contributed by atoms with E-state index in [1.165, 1.54) is 36.4 Å². The number of anilines is 1. The van der Waals surface area contributed by atoms with Crippen LogP contribution in [-0.4, -0.2) is 25.1 Å². The second kappa shape index (κ2) is 6.61. The highest BCUT2D eigenvalue weighted by Gasteiger charge is 2.36. The molecule has 0 heterocycles. The fraction of sp³-hybridized carbons (Fsp3) is 0. The molecule has 4 rings (SSSR count). The minimum absolute atomic E-state index is 0.123. The molecule has 0 saturated heterocycles. The van der Waals surface area contributed by atoms with Gasteiger partial charge in [-0.2, -0.15) is 0 Å². The number of aromatic hydroxyl groups is 1. The molecule has 0 atom stereocenters. The van der Waals surface area contributed by atoms with Crippen molar-refractivity contribution in [1.82, 2.24) is 0 Å². The van der Waals surface area contributed by atoms with Crippen molar-refractivity contribution in [3.8, 4) is 17.2 Å². The summed E-state index contributed by atoms with van der Waals surface area (Å²) in [5.74, 6) is -2.05. The maximum Gasteiger partial charge on any atom is 0.265 e. The first-order valence-electron chi connectivity index (χ1n) is 8.25. The number of hydrogen-bond acceptors (Lipinski definition) is 7. The second-order valence-electron chi connectivity index (χ2n) is 6.25. The molecule has 146 valence electrons. The topological polar surface area (TPSA) is 124 Å². The van der Waals surface area contributed by atoms with Crippen molar-refractivity contribution in [2.75, 3.05) is 5.73 Å². The molecule has 0 saturated carbocycles. The number of ketones is 2. The average molecular weight is 430 g/mol. The highest BCUT2D eigenvalue weighted by Crippen LogP contribution is 2.44. The van der Waals surface area contributed by atoms with Gasteiger partial charge in [0.15, 0.2) is 17.3 Å². The maximum atomic E-state index is 13.1.